The second-order valence-electron chi connectivity index (χ2n) is 3.73. The molecule has 72 valence electrons. The molecule has 5 nitrogen and oxygen atoms in total. The van der Waals surface area contributed by atoms with E-state index in [1.807, 2.05) is 11.0 Å². The first-order valence-electron chi connectivity index (χ1n) is 4.31. The molecule has 0 amide bonds. The summed E-state index contributed by atoms with van der Waals surface area (Å²) < 4.78 is 0. The molecule has 14 heavy (non-hydrogen) atoms. The van der Waals surface area contributed by atoms with Crippen molar-refractivity contribution >= 4 is 5.82 Å². The predicted molar refractivity (Wildman–Crippen MR) is 49.6 cm³/mol. The number of anilines is 1. The van der Waals surface area contributed by atoms with E-state index in [4.69, 9.17) is 5.26 Å². The summed E-state index contributed by atoms with van der Waals surface area (Å²) in [6.07, 6.45) is 1.49. The van der Waals surface area contributed by atoms with E-state index in [-0.39, 0.29) is 0 Å². The molecule has 2 rings (SSSR count). The summed E-state index contributed by atoms with van der Waals surface area (Å²) in [6, 6.07) is 3.67. The largest absolute Gasteiger partial charge is 0.386 e. The van der Waals surface area contributed by atoms with Gasteiger partial charge in [-0.2, -0.15) is 10.4 Å². The van der Waals surface area contributed by atoms with Gasteiger partial charge in [-0.15, -0.1) is 5.10 Å². The first-order chi connectivity index (χ1) is 6.62. The van der Waals surface area contributed by atoms with Gasteiger partial charge in [-0.05, 0) is 13.0 Å². The fourth-order valence-electron chi connectivity index (χ4n) is 1.57. The highest BCUT2D eigenvalue weighted by molar-refractivity contribution is 5.55. The Balaban J connectivity index is 2.23. The third kappa shape index (κ3) is 1.40. The fraction of sp³-hybridized carbons (Fsp3) is 0.444. The molecule has 1 aliphatic heterocycles. The monoisotopic (exact) mass is 190 g/mol. The van der Waals surface area contributed by atoms with Crippen molar-refractivity contribution in [1.82, 2.24) is 10.2 Å². The van der Waals surface area contributed by atoms with Crippen molar-refractivity contribution in [3.05, 3.63) is 17.8 Å². The number of rotatable bonds is 1. The predicted octanol–water partition coefficient (Wildman–Crippen LogP) is -0.0807. The molecule has 0 unspecified atom stereocenters. The maximum Gasteiger partial charge on any atom is 0.169 e. The third-order valence-corrected chi connectivity index (χ3v) is 2.18. The topological polar surface area (TPSA) is 73.0 Å². The Labute approximate surface area is 81.6 Å². The molecular weight excluding hydrogens is 180 g/mol. The molecule has 1 aromatic rings. The van der Waals surface area contributed by atoms with Crippen LogP contribution in [0.25, 0.3) is 0 Å². The second kappa shape index (κ2) is 2.93. The lowest BCUT2D eigenvalue weighted by Gasteiger charge is -2.44. The minimum absolute atomic E-state index is 0.496. The number of nitriles is 1. The Morgan fingerprint density at radius 3 is 2.93 bits per heavy atom. The molecule has 2 heterocycles. The van der Waals surface area contributed by atoms with E-state index in [1.54, 1.807) is 13.0 Å². The van der Waals surface area contributed by atoms with Crippen LogP contribution in [0.1, 0.15) is 12.5 Å². The molecule has 0 bridgehead atoms. The van der Waals surface area contributed by atoms with Crippen LogP contribution in [0.4, 0.5) is 5.82 Å². The van der Waals surface area contributed by atoms with E-state index < -0.39 is 5.60 Å². The van der Waals surface area contributed by atoms with Crippen LogP contribution in [-0.4, -0.2) is 34.0 Å². The molecule has 1 aromatic heterocycles. The Kier molecular flexibility index (Phi) is 1.86. The van der Waals surface area contributed by atoms with E-state index in [2.05, 4.69) is 10.2 Å². The zero-order valence-electron chi connectivity index (χ0n) is 7.80. The van der Waals surface area contributed by atoms with E-state index >= 15 is 0 Å². The second-order valence-corrected chi connectivity index (χ2v) is 3.73. The quantitative estimate of drug-likeness (QED) is 0.670. The fourth-order valence-corrected chi connectivity index (χ4v) is 1.57. The van der Waals surface area contributed by atoms with Gasteiger partial charge < -0.3 is 10.0 Å². The Morgan fingerprint density at radius 2 is 2.36 bits per heavy atom. The van der Waals surface area contributed by atoms with Crippen molar-refractivity contribution in [1.29, 1.82) is 5.26 Å². The van der Waals surface area contributed by atoms with Crippen molar-refractivity contribution in [2.45, 2.75) is 12.5 Å². The zero-order valence-corrected chi connectivity index (χ0v) is 7.80. The highest BCUT2D eigenvalue weighted by Gasteiger charge is 2.38. The van der Waals surface area contributed by atoms with Gasteiger partial charge in [0.1, 0.15) is 6.07 Å². The summed E-state index contributed by atoms with van der Waals surface area (Å²) in [4.78, 5) is 1.84. The van der Waals surface area contributed by atoms with Crippen LogP contribution >= 0.6 is 0 Å². The number of hydrogen-bond acceptors (Lipinski definition) is 5. The zero-order chi connectivity index (χ0) is 10.2. The van der Waals surface area contributed by atoms with Crippen molar-refractivity contribution in [3.63, 3.8) is 0 Å². The highest BCUT2D eigenvalue weighted by Crippen LogP contribution is 2.27. The van der Waals surface area contributed by atoms with Crippen LogP contribution in [0.2, 0.25) is 0 Å². The lowest BCUT2D eigenvalue weighted by atomic mass is 9.96. The summed E-state index contributed by atoms with van der Waals surface area (Å²) in [6.45, 7) is 2.76. The number of aromatic nitrogens is 2. The maximum atomic E-state index is 9.54. The lowest BCUT2D eigenvalue weighted by molar-refractivity contribution is 0.0304. The summed E-state index contributed by atoms with van der Waals surface area (Å²) in [5, 5.41) is 25.9. The molecule has 0 aliphatic carbocycles. The SMILES string of the molecule is CC1(O)CN(c2nnccc2C#N)C1. The molecule has 0 atom stereocenters. The minimum atomic E-state index is -0.662. The molecule has 5 heteroatoms. The van der Waals surface area contributed by atoms with Crippen LogP contribution < -0.4 is 4.90 Å². The Morgan fingerprint density at radius 1 is 1.64 bits per heavy atom. The van der Waals surface area contributed by atoms with Gasteiger partial charge in [0.2, 0.25) is 0 Å². The Hall–Kier alpha value is -1.67. The third-order valence-electron chi connectivity index (χ3n) is 2.18. The molecule has 0 spiro atoms. The summed E-state index contributed by atoms with van der Waals surface area (Å²) in [5.74, 6) is 0.557. The molecule has 1 aliphatic rings. The number of β-amino-alcohol motifs (C(OH)–C–C–N with tert-alkyl or cyclic N) is 1. The average molecular weight is 190 g/mol. The van der Waals surface area contributed by atoms with Crippen LogP contribution in [0.3, 0.4) is 0 Å². The van der Waals surface area contributed by atoms with Crippen LogP contribution in [0, 0.1) is 11.3 Å². The van der Waals surface area contributed by atoms with Gasteiger partial charge in [0, 0.05) is 13.1 Å². The molecule has 1 saturated heterocycles. The summed E-state index contributed by atoms with van der Waals surface area (Å²) in [5.41, 5.74) is -0.167. The van der Waals surface area contributed by atoms with Gasteiger partial charge in [-0.3, -0.25) is 0 Å². The van der Waals surface area contributed by atoms with E-state index in [9.17, 15) is 5.11 Å². The molecule has 0 aromatic carbocycles. The van der Waals surface area contributed by atoms with Gasteiger partial charge >= 0.3 is 0 Å². The average Bonchev–Trinajstić information content (AvgIpc) is 2.14. The van der Waals surface area contributed by atoms with Crippen molar-refractivity contribution in [2.75, 3.05) is 18.0 Å². The van der Waals surface area contributed by atoms with Crippen molar-refractivity contribution in [2.24, 2.45) is 0 Å². The Bertz CT molecular complexity index is 388. The standard InChI is InChI=1S/C9H10N4O/c1-9(14)5-13(6-9)8-7(4-10)2-3-11-12-8/h2-3,14H,5-6H2,1H3. The summed E-state index contributed by atoms with van der Waals surface area (Å²) in [7, 11) is 0. The lowest BCUT2D eigenvalue weighted by Crippen LogP contribution is -2.60. The van der Waals surface area contributed by atoms with E-state index in [0.717, 1.165) is 0 Å². The first-order valence-corrected chi connectivity index (χ1v) is 4.31. The van der Waals surface area contributed by atoms with E-state index in [1.165, 1.54) is 6.20 Å². The van der Waals surface area contributed by atoms with E-state index in [0.29, 0.717) is 24.5 Å². The minimum Gasteiger partial charge on any atom is -0.386 e. The van der Waals surface area contributed by atoms with Crippen LogP contribution in [-0.2, 0) is 0 Å². The highest BCUT2D eigenvalue weighted by atomic mass is 16.3. The molecule has 0 saturated carbocycles. The molecule has 0 radical (unpaired) electrons. The van der Waals surface area contributed by atoms with Gasteiger partial charge in [0.15, 0.2) is 5.82 Å². The number of aliphatic hydroxyl groups is 1. The van der Waals surface area contributed by atoms with Crippen molar-refractivity contribution in [3.8, 4) is 6.07 Å². The number of nitrogens with zero attached hydrogens (tertiary/aromatic N) is 4. The van der Waals surface area contributed by atoms with Crippen molar-refractivity contribution < 1.29 is 5.11 Å². The number of hydrogen-bond donors (Lipinski definition) is 1. The molecule has 1 N–H and O–H groups in total. The van der Waals surface area contributed by atoms with Gasteiger partial charge in [-0.1, -0.05) is 0 Å². The first kappa shape index (κ1) is 8.91. The van der Waals surface area contributed by atoms with Crippen LogP contribution in [0.15, 0.2) is 12.3 Å². The normalized spacial score (nSPS) is 18.5. The smallest absolute Gasteiger partial charge is 0.169 e. The molecule has 1 fully saturated rings. The van der Waals surface area contributed by atoms with Gasteiger partial charge in [-0.25, -0.2) is 0 Å². The van der Waals surface area contributed by atoms with Gasteiger partial charge in [0.05, 0.1) is 17.4 Å². The maximum absolute atomic E-state index is 9.54. The van der Waals surface area contributed by atoms with Crippen LogP contribution in [0.5, 0.6) is 0 Å². The van der Waals surface area contributed by atoms with Gasteiger partial charge in [0.25, 0.3) is 0 Å². The summed E-state index contributed by atoms with van der Waals surface area (Å²) >= 11 is 0. The molecular formula is C9H10N4O.